The van der Waals surface area contributed by atoms with Crippen LogP contribution in [0.25, 0.3) is 0 Å². The first-order valence-electron chi connectivity index (χ1n) is 7.33. The second-order valence-corrected chi connectivity index (χ2v) is 6.26. The monoisotopic (exact) mass is 394 g/mol. The summed E-state index contributed by atoms with van der Waals surface area (Å²) in [6.45, 7) is 2.22. The first-order valence-corrected chi connectivity index (χ1v) is 8.08. The SMILES string of the molecule is Cc1cc(NC(=O)c2cc([N+](=O)[O-])[nH]n2)nn1Cc1ccc(Cl)cc1Cl. The maximum atomic E-state index is 12.1. The molecule has 0 saturated heterocycles. The third-order valence-electron chi connectivity index (χ3n) is 3.55. The topological polar surface area (TPSA) is 119 Å². The number of halogens is 2. The van der Waals surface area contributed by atoms with Crippen LogP contribution in [0.15, 0.2) is 30.3 Å². The largest absolute Gasteiger partial charge is 0.358 e. The van der Waals surface area contributed by atoms with Gasteiger partial charge in [-0.3, -0.25) is 9.48 Å². The van der Waals surface area contributed by atoms with Gasteiger partial charge in [0.1, 0.15) is 0 Å². The molecule has 134 valence electrons. The Morgan fingerprint density at radius 2 is 2.12 bits per heavy atom. The highest BCUT2D eigenvalue weighted by Crippen LogP contribution is 2.22. The number of aromatic nitrogens is 4. The number of carbonyl (C=O) groups excluding carboxylic acids is 1. The minimum absolute atomic E-state index is 0.107. The molecule has 0 aliphatic heterocycles. The molecule has 0 aliphatic rings. The second kappa shape index (κ2) is 7.14. The van der Waals surface area contributed by atoms with Crippen molar-refractivity contribution in [2.75, 3.05) is 5.32 Å². The molecule has 2 heterocycles. The average molecular weight is 395 g/mol. The molecule has 3 rings (SSSR count). The summed E-state index contributed by atoms with van der Waals surface area (Å²) in [5.74, 6) is -0.680. The van der Waals surface area contributed by atoms with Crippen LogP contribution in [0, 0.1) is 17.0 Å². The summed E-state index contributed by atoms with van der Waals surface area (Å²) in [7, 11) is 0. The fourth-order valence-electron chi connectivity index (χ4n) is 2.24. The van der Waals surface area contributed by atoms with Crippen LogP contribution in [0.1, 0.15) is 21.7 Å². The molecule has 9 nitrogen and oxygen atoms in total. The Bertz CT molecular complexity index is 997. The third kappa shape index (κ3) is 3.84. The molecule has 0 radical (unpaired) electrons. The van der Waals surface area contributed by atoms with Gasteiger partial charge in [0.25, 0.3) is 5.91 Å². The van der Waals surface area contributed by atoms with Crippen LogP contribution in [0.4, 0.5) is 11.6 Å². The van der Waals surface area contributed by atoms with E-state index >= 15 is 0 Å². The average Bonchev–Trinajstić information content (AvgIpc) is 3.18. The molecular formula is C15H12Cl2N6O3. The summed E-state index contributed by atoms with van der Waals surface area (Å²) >= 11 is 12.1. The summed E-state index contributed by atoms with van der Waals surface area (Å²) in [6, 6.07) is 7.89. The molecule has 0 fully saturated rings. The number of aromatic amines is 1. The van der Waals surface area contributed by atoms with E-state index in [1.165, 1.54) is 0 Å². The Kier molecular flexibility index (Phi) is 4.92. The number of H-pyrrole nitrogens is 1. The maximum absolute atomic E-state index is 12.1. The van der Waals surface area contributed by atoms with Gasteiger partial charge < -0.3 is 15.4 Å². The molecular weight excluding hydrogens is 383 g/mol. The fraction of sp³-hybridized carbons (Fsp3) is 0.133. The van der Waals surface area contributed by atoms with Crippen LogP contribution in [0.2, 0.25) is 10.0 Å². The molecule has 2 N–H and O–H groups in total. The van der Waals surface area contributed by atoms with E-state index in [0.717, 1.165) is 17.3 Å². The number of hydrogen-bond donors (Lipinski definition) is 2. The van der Waals surface area contributed by atoms with Crippen molar-refractivity contribution in [3.63, 3.8) is 0 Å². The number of carbonyl (C=O) groups is 1. The van der Waals surface area contributed by atoms with Gasteiger partial charge in [0.15, 0.2) is 11.5 Å². The van der Waals surface area contributed by atoms with Crippen LogP contribution in [-0.2, 0) is 6.54 Å². The molecule has 3 aromatic rings. The number of aryl methyl sites for hydroxylation is 1. The molecule has 2 aromatic heterocycles. The second-order valence-electron chi connectivity index (χ2n) is 5.41. The molecule has 0 bridgehead atoms. The van der Waals surface area contributed by atoms with Crippen molar-refractivity contribution in [1.29, 1.82) is 0 Å². The zero-order valence-corrected chi connectivity index (χ0v) is 14.9. The lowest BCUT2D eigenvalue weighted by Crippen LogP contribution is -2.13. The molecule has 0 atom stereocenters. The summed E-state index contributed by atoms with van der Waals surface area (Å²) in [4.78, 5) is 22.1. The molecule has 0 spiro atoms. The number of nitrogens with one attached hydrogen (secondary N) is 2. The lowest BCUT2D eigenvalue weighted by atomic mass is 10.2. The highest BCUT2D eigenvalue weighted by molar-refractivity contribution is 6.35. The van der Waals surface area contributed by atoms with Gasteiger partial charge in [-0.15, -0.1) is 5.10 Å². The van der Waals surface area contributed by atoms with Gasteiger partial charge in [-0.2, -0.15) is 5.10 Å². The van der Waals surface area contributed by atoms with E-state index in [0.29, 0.717) is 22.4 Å². The van der Waals surface area contributed by atoms with Crippen molar-refractivity contribution in [1.82, 2.24) is 20.0 Å². The summed E-state index contributed by atoms with van der Waals surface area (Å²) in [5.41, 5.74) is 1.51. The summed E-state index contributed by atoms with van der Waals surface area (Å²) < 4.78 is 1.66. The van der Waals surface area contributed by atoms with Crippen molar-refractivity contribution in [3.8, 4) is 0 Å². The number of hydrogen-bond acceptors (Lipinski definition) is 5. The standard InChI is InChI=1S/C15H12Cl2N6O3/c1-8-4-13(18-15(24)12-6-14(20-19-12)23(25)26)21-22(8)7-9-2-3-10(16)5-11(9)17/h2-6H,7H2,1H3,(H,19,20)(H,18,21,24). The van der Waals surface area contributed by atoms with Crippen LogP contribution >= 0.6 is 23.2 Å². The van der Waals surface area contributed by atoms with Gasteiger partial charge in [-0.05, 0) is 29.5 Å². The van der Waals surface area contributed by atoms with E-state index in [1.54, 1.807) is 28.9 Å². The van der Waals surface area contributed by atoms with E-state index in [9.17, 15) is 14.9 Å². The zero-order chi connectivity index (χ0) is 18.8. The number of anilines is 1. The van der Waals surface area contributed by atoms with E-state index < -0.39 is 10.8 Å². The minimum Gasteiger partial charge on any atom is -0.358 e. The molecule has 1 amide bonds. The molecule has 1 aromatic carbocycles. The van der Waals surface area contributed by atoms with Crippen molar-refractivity contribution in [2.24, 2.45) is 0 Å². The maximum Gasteiger partial charge on any atom is 0.343 e. The van der Waals surface area contributed by atoms with Crippen molar-refractivity contribution >= 4 is 40.7 Å². The Balaban J connectivity index is 1.75. The Hall–Kier alpha value is -2.91. The van der Waals surface area contributed by atoms with E-state index in [4.69, 9.17) is 23.2 Å². The summed E-state index contributed by atoms with van der Waals surface area (Å²) in [6.07, 6.45) is 0. The molecule has 0 aliphatic carbocycles. The summed E-state index contributed by atoms with van der Waals surface area (Å²) in [5, 5.41) is 24.3. The van der Waals surface area contributed by atoms with E-state index in [1.807, 2.05) is 6.92 Å². The van der Waals surface area contributed by atoms with Gasteiger partial charge in [0.05, 0.1) is 12.6 Å². The highest BCUT2D eigenvalue weighted by atomic mass is 35.5. The van der Waals surface area contributed by atoms with Gasteiger partial charge in [0, 0.05) is 21.8 Å². The fourth-order valence-corrected chi connectivity index (χ4v) is 2.71. The van der Waals surface area contributed by atoms with E-state index in [-0.39, 0.29) is 11.5 Å². The first-order chi connectivity index (χ1) is 12.3. The number of nitro groups is 1. The molecule has 26 heavy (non-hydrogen) atoms. The molecule has 0 unspecified atom stereocenters. The van der Waals surface area contributed by atoms with Gasteiger partial charge in [-0.25, -0.2) is 0 Å². The van der Waals surface area contributed by atoms with Crippen molar-refractivity contribution < 1.29 is 9.72 Å². The van der Waals surface area contributed by atoms with Crippen LogP contribution in [0.5, 0.6) is 0 Å². The van der Waals surface area contributed by atoms with Crippen LogP contribution in [0.3, 0.4) is 0 Å². The van der Waals surface area contributed by atoms with Crippen molar-refractivity contribution in [2.45, 2.75) is 13.5 Å². The Morgan fingerprint density at radius 1 is 1.35 bits per heavy atom. The Labute approximate surface area is 157 Å². The number of amides is 1. The lowest BCUT2D eigenvalue weighted by molar-refractivity contribution is -0.389. The number of rotatable bonds is 5. The zero-order valence-electron chi connectivity index (χ0n) is 13.4. The van der Waals surface area contributed by atoms with Crippen LogP contribution in [-0.4, -0.2) is 30.8 Å². The van der Waals surface area contributed by atoms with Gasteiger partial charge in [0.2, 0.25) is 0 Å². The number of benzene rings is 1. The smallest absolute Gasteiger partial charge is 0.343 e. The minimum atomic E-state index is -0.668. The first kappa shape index (κ1) is 17.9. The van der Waals surface area contributed by atoms with Crippen LogP contribution < -0.4 is 5.32 Å². The highest BCUT2D eigenvalue weighted by Gasteiger charge is 2.18. The predicted octanol–water partition coefficient (Wildman–Crippen LogP) is 3.43. The predicted molar refractivity (Wildman–Crippen MR) is 95.7 cm³/mol. The normalized spacial score (nSPS) is 10.7. The lowest BCUT2D eigenvalue weighted by Gasteiger charge is -2.07. The molecule has 0 saturated carbocycles. The van der Waals surface area contributed by atoms with E-state index in [2.05, 4.69) is 20.6 Å². The molecule has 11 heteroatoms. The number of nitrogens with zero attached hydrogens (tertiary/aromatic N) is 4. The quantitative estimate of drug-likeness (QED) is 0.507. The van der Waals surface area contributed by atoms with Gasteiger partial charge >= 0.3 is 5.82 Å². The third-order valence-corrected chi connectivity index (χ3v) is 4.14. The van der Waals surface area contributed by atoms with Crippen molar-refractivity contribution in [3.05, 3.63) is 67.4 Å². The Morgan fingerprint density at radius 3 is 2.77 bits per heavy atom. The van der Waals surface area contributed by atoms with Gasteiger partial charge in [-0.1, -0.05) is 34.4 Å².